The van der Waals surface area contributed by atoms with E-state index in [1.165, 1.54) is 6.07 Å². The quantitative estimate of drug-likeness (QED) is 0.795. The van der Waals surface area contributed by atoms with Crippen LogP contribution in [0.15, 0.2) is 41.3 Å². The van der Waals surface area contributed by atoms with Gasteiger partial charge in [-0.3, -0.25) is 14.4 Å². The molecule has 2 aromatic rings. The maximum atomic E-state index is 12.7. The van der Waals surface area contributed by atoms with Crippen LogP contribution in [0.2, 0.25) is 0 Å². The van der Waals surface area contributed by atoms with Crippen LogP contribution in [0, 0.1) is 5.92 Å². The van der Waals surface area contributed by atoms with Gasteiger partial charge in [-0.05, 0) is 31.9 Å². The number of carbonyl (C=O) groups excluding carboxylic acids is 2. The normalized spacial score (nSPS) is 17.5. The van der Waals surface area contributed by atoms with Gasteiger partial charge in [-0.15, -0.1) is 0 Å². The number of rotatable bonds is 4. The zero-order chi connectivity index (χ0) is 17.8. The molecular weight excluding hydrogens is 320 g/mol. The van der Waals surface area contributed by atoms with Gasteiger partial charge in [0.25, 0.3) is 0 Å². The van der Waals surface area contributed by atoms with Gasteiger partial charge in [0.2, 0.25) is 5.91 Å². The second-order valence-electron chi connectivity index (χ2n) is 6.26. The predicted molar refractivity (Wildman–Crippen MR) is 94.1 cm³/mol. The number of likely N-dealkylation sites (tertiary alicyclic amines) is 1. The number of amides is 1. The Hall–Kier alpha value is -2.63. The number of hydrogen-bond acceptors (Lipinski definition) is 4. The van der Waals surface area contributed by atoms with Crippen LogP contribution < -0.4 is 5.43 Å². The number of hydrogen-bond donors (Lipinski definition) is 0. The lowest BCUT2D eigenvalue weighted by Gasteiger charge is -2.31. The third kappa shape index (κ3) is 3.73. The van der Waals surface area contributed by atoms with E-state index in [0.29, 0.717) is 25.1 Å². The maximum absolute atomic E-state index is 12.7. The number of benzene rings is 1. The summed E-state index contributed by atoms with van der Waals surface area (Å²) in [5, 5.41) is 0.598. The first kappa shape index (κ1) is 17.2. The molecule has 2 heterocycles. The first-order chi connectivity index (χ1) is 12.1. The Bertz CT molecular complexity index is 843. The molecule has 6 heteroatoms. The van der Waals surface area contributed by atoms with Gasteiger partial charge in [0.05, 0.1) is 18.0 Å². The Balaban J connectivity index is 1.75. The summed E-state index contributed by atoms with van der Waals surface area (Å²) in [6.45, 7) is 3.33. The standard InChI is InChI=1S/C19H22N2O4/c1-2-25-19(24)14-6-5-10-21(12-14)18(23)13-20-11-9-17(22)15-7-3-4-8-16(15)20/h3-4,7-9,11,14H,2,5-6,10,12-13H2,1H3. The number of aromatic nitrogens is 1. The Morgan fingerprint density at radius 2 is 2.04 bits per heavy atom. The minimum absolute atomic E-state index is 0.0530. The average Bonchev–Trinajstić information content (AvgIpc) is 2.64. The highest BCUT2D eigenvalue weighted by molar-refractivity contribution is 5.82. The molecule has 0 aliphatic carbocycles. The highest BCUT2D eigenvalue weighted by Crippen LogP contribution is 2.19. The summed E-state index contributed by atoms with van der Waals surface area (Å²) in [6, 6.07) is 8.73. The van der Waals surface area contributed by atoms with E-state index in [1.807, 2.05) is 18.2 Å². The molecule has 1 aliphatic rings. The lowest BCUT2D eigenvalue weighted by Crippen LogP contribution is -2.44. The summed E-state index contributed by atoms with van der Waals surface area (Å²) < 4.78 is 6.87. The zero-order valence-corrected chi connectivity index (χ0v) is 14.3. The molecule has 0 radical (unpaired) electrons. The summed E-state index contributed by atoms with van der Waals surface area (Å²) in [7, 11) is 0. The molecule has 1 atom stereocenters. The molecule has 0 saturated carbocycles. The molecule has 6 nitrogen and oxygen atoms in total. The Labute approximate surface area is 146 Å². The van der Waals surface area contributed by atoms with Crippen LogP contribution >= 0.6 is 0 Å². The molecule has 1 saturated heterocycles. The van der Waals surface area contributed by atoms with Crippen LogP contribution in [0.1, 0.15) is 19.8 Å². The molecule has 1 fully saturated rings. The van der Waals surface area contributed by atoms with Crippen LogP contribution in [0.25, 0.3) is 10.9 Å². The summed E-state index contributed by atoms with van der Waals surface area (Å²) >= 11 is 0. The van der Waals surface area contributed by atoms with Crippen molar-refractivity contribution in [3.05, 3.63) is 46.8 Å². The number of nitrogens with zero attached hydrogens (tertiary/aromatic N) is 2. The number of piperidine rings is 1. The predicted octanol–water partition coefficient (Wildman–Crippen LogP) is 1.80. The fraction of sp³-hybridized carbons (Fsp3) is 0.421. The first-order valence-electron chi connectivity index (χ1n) is 8.62. The van der Waals surface area contributed by atoms with Gasteiger partial charge < -0.3 is 14.2 Å². The SMILES string of the molecule is CCOC(=O)C1CCCN(C(=O)Cn2ccc(=O)c3ccccc32)C1. The van der Waals surface area contributed by atoms with E-state index < -0.39 is 0 Å². The van der Waals surface area contributed by atoms with Gasteiger partial charge in [0.15, 0.2) is 5.43 Å². The van der Waals surface area contributed by atoms with Crippen LogP contribution in [0.4, 0.5) is 0 Å². The van der Waals surface area contributed by atoms with Crippen LogP contribution in [0.5, 0.6) is 0 Å². The molecule has 1 aromatic carbocycles. The first-order valence-corrected chi connectivity index (χ1v) is 8.62. The molecule has 1 aliphatic heterocycles. The Morgan fingerprint density at radius 3 is 2.84 bits per heavy atom. The molecule has 1 unspecified atom stereocenters. The van der Waals surface area contributed by atoms with Crippen molar-refractivity contribution in [1.82, 2.24) is 9.47 Å². The van der Waals surface area contributed by atoms with E-state index >= 15 is 0 Å². The van der Waals surface area contributed by atoms with Crippen molar-refractivity contribution in [1.29, 1.82) is 0 Å². The number of pyridine rings is 1. The summed E-state index contributed by atoms with van der Waals surface area (Å²) in [5.74, 6) is -0.528. The van der Waals surface area contributed by atoms with Crippen LogP contribution in [-0.4, -0.2) is 41.0 Å². The van der Waals surface area contributed by atoms with E-state index in [9.17, 15) is 14.4 Å². The lowest BCUT2D eigenvalue weighted by molar-refractivity contribution is -0.151. The fourth-order valence-corrected chi connectivity index (χ4v) is 3.30. The molecule has 0 spiro atoms. The van der Waals surface area contributed by atoms with Crippen LogP contribution in [0.3, 0.4) is 0 Å². The van der Waals surface area contributed by atoms with Gasteiger partial charge in [0, 0.05) is 30.7 Å². The Morgan fingerprint density at radius 1 is 1.24 bits per heavy atom. The maximum Gasteiger partial charge on any atom is 0.310 e. The molecule has 3 rings (SSSR count). The smallest absolute Gasteiger partial charge is 0.310 e. The van der Waals surface area contributed by atoms with E-state index in [1.54, 1.807) is 28.7 Å². The number of fused-ring (bicyclic) bond motifs is 1. The largest absolute Gasteiger partial charge is 0.466 e. The van der Waals surface area contributed by atoms with Crippen molar-refractivity contribution in [3.63, 3.8) is 0 Å². The van der Waals surface area contributed by atoms with Crippen molar-refractivity contribution in [3.8, 4) is 0 Å². The van der Waals surface area contributed by atoms with E-state index in [0.717, 1.165) is 18.4 Å². The second-order valence-corrected chi connectivity index (χ2v) is 6.26. The third-order valence-corrected chi connectivity index (χ3v) is 4.58. The summed E-state index contributed by atoms with van der Waals surface area (Å²) in [6.07, 6.45) is 3.19. The molecule has 1 aromatic heterocycles. The highest BCUT2D eigenvalue weighted by Gasteiger charge is 2.29. The minimum atomic E-state index is -0.247. The zero-order valence-electron chi connectivity index (χ0n) is 14.3. The molecule has 0 N–H and O–H groups in total. The van der Waals surface area contributed by atoms with Crippen LogP contribution in [-0.2, 0) is 20.9 Å². The molecule has 25 heavy (non-hydrogen) atoms. The number of carbonyl (C=O) groups is 2. The van der Waals surface area contributed by atoms with E-state index in [-0.39, 0.29) is 29.8 Å². The van der Waals surface area contributed by atoms with Gasteiger partial charge >= 0.3 is 5.97 Å². The van der Waals surface area contributed by atoms with Crippen molar-refractivity contribution in [2.45, 2.75) is 26.3 Å². The van der Waals surface area contributed by atoms with Gasteiger partial charge in [-0.1, -0.05) is 12.1 Å². The number of ether oxygens (including phenoxy) is 1. The van der Waals surface area contributed by atoms with E-state index in [2.05, 4.69) is 0 Å². The van der Waals surface area contributed by atoms with Crippen molar-refractivity contribution < 1.29 is 14.3 Å². The monoisotopic (exact) mass is 342 g/mol. The molecule has 0 bridgehead atoms. The number of para-hydroxylation sites is 1. The average molecular weight is 342 g/mol. The lowest BCUT2D eigenvalue weighted by atomic mass is 9.98. The topological polar surface area (TPSA) is 68.6 Å². The van der Waals surface area contributed by atoms with Crippen molar-refractivity contribution in [2.24, 2.45) is 5.92 Å². The van der Waals surface area contributed by atoms with E-state index in [4.69, 9.17) is 4.74 Å². The van der Waals surface area contributed by atoms with Gasteiger partial charge in [0.1, 0.15) is 6.54 Å². The summed E-state index contributed by atoms with van der Waals surface area (Å²) in [4.78, 5) is 38.3. The van der Waals surface area contributed by atoms with Gasteiger partial charge in [-0.25, -0.2) is 0 Å². The summed E-state index contributed by atoms with van der Waals surface area (Å²) in [5.41, 5.74) is 0.682. The fourth-order valence-electron chi connectivity index (χ4n) is 3.30. The van der Waals surface area contributed by atoms with Crippen molar-refractivity contribution >= 4 is 22.8 Å². The van der Waals surface area contributed by atoms with Crippen molar-refractivity contribution in [2.75, 3.05) is 19.7 Å². The third-order valence-electron chi connectivity index (χ3n) is 4.58. The second kappa shape index (κ2) is 7.51. The molecular formula is C19H22N2O4. The highest BCUT2D eigenvalue weighted by atomic mass is 16.5. The molecule has 1 amide bonds. The van der Waals surface area contributed by atoms with Gasteiger partial charge in [-0.2, -0.15) is 0 Å². The number of esters is 1. The molecule has 132 valence electrons. The minimum Gasteiger partial charge on any atom is -0.466 e. The Kier molecular flexibility index (Phi) is 5.16.